The topological polar surface area (TPSA) is 100 Å². The van der Waals surface area contributed by atoms with Crippen LogP contribution in [0.4, 0.5) is 8.78 Å². The van der Waals surface area contributed by atoms with Crippen molar-refractivity contribution in [1.29, 1.82) is 0 Å². The Balaban J connectivity index is 1.34. The molecule has 1 atom stereocenters. The molecular formula is C30H29ClF2N4O3. The number of fused-ring (bicyclic) bond motifs is 1. The van der Waals surface area contributed by atoms with Gasteiger partial charge in [0, 0.05) is 28.3 Å². The number of hydrogen-bond donors (Lipinski definition) is 3. The summed E-state index contributed by atoms with van der Waals surface area (Å²) < 4.78 is 31.1. The molecule has 2 aliphatic rings. The molecule has 1 amide bonds. The summed E-state index contributed by atoms with van der Waals surface area (Å²) in [5.74, 6) is -1.92. The Morgan fingerprint density at radius 3 is 2.42 bits per heavy atom. The number of pyridine rings is 1. The summed E-state index contributed by atoms with van der Waals surface area (Å²) in [5.41, 5.74) is -2.05. The van der Waals surface area contributed by atoms with Crippen LogP contribution in [0, 0.1) is 17.6 Å². The van der Waals surface area contributed by atoms with Gasteiger partial charge in [-0.2, -0.15) is 5.10 Å². The molecule has 2 aromatic carbocycles. The number of carbonyl (C=O) groups is 1. The zero-order chi connectivity index (χ0) is 28.4. The lowest BCUT2D eigenvalue weighted by atomic mass is 9.87. The third-order valence-corrected chi connectivity index (χ3v) is 8.00. The zero-order valence-corrected chi connectivity index (χ0v) is 22.8. The highest BCUT2D eigenvalue weighted by Crippen LogP contribution is 2.46. The van der Waals surface area contributed by atoms with Gasteiger partial charge in [0.25, 0.3) is 5.91 Å². The third kappa shape index (κ3) is 4.98. The highest BCUT2D eigenvalue weighted by molar-refractivity contribution is 6.35. The Morgan fingerprint density at radius 2 is 1.80 bits per heavy atom. The molecular weight excluding hydrogens is 538 g/mol. The van der Waals surface area contributed by atoms with Crippen LogP contribution in [0.5, 0.6) is 0 Å². The third-order valence-electron chi connectivity index (χ3n) is 7.71. The maximum Gasteiger partial charge on any atom is 0.251 e. The summed E-state index contributed by atoms with van der Waals surface area (Å²) >= 11 is 6.45. The maximum atomic E-state index is 15.6. The second kappa shape index (κ2) is 9.61. The van der Waals surface area contributed by atoms with Gasteiger partial charge < -0.3 is 15.5 Å². The Labute approximate surface area is 234 Å². The summed E-state index contributed by atoms with van der Waals surface area (Å²) in [4.78, 5) is 17.7. The van der Waals surface area contributed by atoms with Crippen molar-refractivity contribution in [2.45, 2.75) is 56.8 Å². The highest BCUT2D eigenvalue weighted by Gasteiger charge is 2.47. The van der Waals surface area contributed by atoms with Crippen LogP contribution in [0.2, 0.25) is 5.02 Å². The minimum absolute atomic E-state index is 0.0628. The number of carbonyl (C=O) groups excluding carboxylic acids is 1. The molecule has 0 bridgehead atoms. The van der Waals surface area contributed by atoms with E-state index in [2.05, 4.69) is 15.4 Å². The first-order chi connectivity index (χ1) is 18.9. The summed E-state index contributed by atoms with van der Waals surface area (Å²) in [5, 5.41) is 31.1. The lowest BCUT2D eigenvalue weighted by Crippen LogP contribution is -2.43. The van der Waals surface area contributed by atoms with Crippen LogP contribution in [-0.2, 0) is 11.2 Å². The minimum Gasteiger partial charge on any atom is -0.386 e. The molecule has 0 radical (unpaired) electrons. The van der Waals surface area contributed by atoms with Gasteiger partial charge in [0.1, 0.15) is 22.6 Å². The van der Waals surface area contributed by atoms with Gasteiger partial charge in [0.15, 0.2) is 5.82 Å². The number of hydrogen-bond acceptors (Lipinski definition) is 5. The molecule has 2 aromatic heterocycles. The molecule has 6 rings (SSSR count). The van der Waals surface area contributed by atoms with Crippen LogP contribution >= 0.6 is 11.6 Å². The van der Waals surface area contributed by atoms with Crippen LogP contribution in [0.1, 0.15) is 67.2 Å². The molecule has 208 valence electrons. The lowest BCUT2D eigenvalue weighted by Gasteiger charge is -2.30. The molecule has 10 heteroatoms. The maximum absolute atomic E-state index is 15.6. The molecule has 0 aliphatic heterocycles. The Morgan fingerprint density at radius 1 is 1.10 bits per heavy atom. The van der Waals surface area contributed by atoms with E-state index < -0.39 is 28.7 Å². The Bertz CT molecular complexity index is 1620. The van der Waals surface area contributed by atoms with Gasteiger partial charge in [0.05, 0.1) is 28.9 Å². The minimum atomic E-state index is -1.64. The van der Waals surface area contributed by atoms with Crippen molar-refractivity contribution in [1.82, 2.24) is 20.1 Å². The molecule has 3 N–H and O–H groups in total. The number of amides is 1. The fourth-order valence-corrected chi connectivity index (χ4v) is 5.35. The Hall–Kier alpha value is -3.40. The molecule has 2 aliphatic carbocycles. The van der Waals surface area contributed by atoms with Crippen molar-refractivity contribution in [3.63, 3.8) is 0 Å². The van der Waals surface area contributed by atoms with E-state index >= 15 is 4.39 Å². The summed E-state index contributed by atoms with van der Waals surface area (Å²) in [6, 6.07) is 10.1. The van der Waals surface area contributed by atoms with Crippen molar-refractivity contribution in [3.8, 4) is 11.3 Å². The molecule has 0 spiro atoms. The van der Waals surface area contributed by atoms with E-state index in [1.807, 2.05) is 10.9 Å². The first-order valence-corrected chi connectivity index (χ1v) is 13.7. The van der Waals surface area contributed by atoms with E-state index in [0.29, 0.717) is 40.5 Å². The van der Waals surface area contributed by atoms with Crippen molar-refractivity contribution in [2.24, 2.45) is 5.92 Å². The molecule has 2 heterocycles. The fourth-order valence-electron chi connectivity index (χ4n) is 5.09. The van der Waals surface area contributed by atoms with E-state index in [9.17, 15) is 19.4 Å². The van der Waals surface area contributed by atoms with Gasteiger partial charge >= 0.3 is 0 Å². The van der Waals surface area contributed by atoms with Crippen LogP contribution < -0.4 is 5.32 Å². The average molecular weight is 567 g/mol. The van der Waals surface area contributed by atoms with E-state index in [4.69, 9.17) is 11.6 Å². The second-order valence-corrected chi connectivity index (χ2v) is 11.8. The SMILES string of the molecule is CC(C)(O)c1cc([C@@](O)(CNC(=O)c2cc(Cl)c3nn(C4CC4)cc3c2)C2CC2)nc(-c2ccc(F)cc2)c1F. The van der Waals surface area contributed by atoms with Crippen LogP contribution in [0.25, 0.3) is 22.2 Å². The van der Waals surface area contributed by atoms with Crippen LogP contribution in [-0.4, -0.2) is 37.4 Å². The van der Waals surface area contributed by atoms with Gasteiger partial charge in [-0.3, -0.25) is 9.48 Å². The molecule has 2 fully saturated rings. The van der Waals surface area contributed by atoms with Crippen molar-refractivity contribution < 1.29 is 23.8 Å². The van der Waals surface area contributed by atoms with Gasteiger partial charge in [0.2, 0.25) is 0 Å². The molecule has 4 aromatic rings. The fraction of sp³-hybridized carbons (Fsp3) is 0.367. The van der Waals surface area contributed by atoms with Crippen molar-refractivity contribution >= 4 is 28.4 Å². The summed E-state index contributed by atoms with van der Waals surface area (Å²) in [6.45, 7) is 2.68. The number of aromatic nitrogens is 3. The number of nitrogens with one attached hydrogen (secondary N) is 1. The quantitative estimate of drug-likeness (QED) is 0.257. The molecule has 0 saturated heterocycles. The van der Waals surface area contributed by atoms with E-state index in [1.54, 1.807) is 12.1 Å². The van der Waals surface area contributed by atoms with Crippen molar-refractivity contribution in [3.05, 3.63) is 82.1 Å². The monoisotopic (exact) mass is 566 g/mol. The largest absolute Gasteiger partial charge is 0.386 e. The van der Waals surface area contributed by atoms with Crippen LogP contribution in [0.3, 0.4) is 0 Å². The van der Waals surface area contributed by atoms with Crippen molar-refractivity contribution in [2.75, 3.05) is 6.54 Å². The molecule has 7 nitrogen and oxygen atoms in total. The van der Waals surface area contributed by atoms with E-state index in [0.717, 1.165) is 18.2 Å². The first kappa shape index (κ1) is 26.8. The lowest BCUT2D eigenvalue weighted by molar-refractivity contribution is 0.00864. The highest BCUT2D eigenvalue weighted by atomic mass is 35.5. The molecule has 2 saturated carbocycles. The first-order valence-electron chi connectivity index (χ1n) is 13.3. The van der Waals surface area contributed by atoms with Gasteiger partial charge in [-0.25, -0.2) is 13.8 Å². The van der Waals surface area contributed by atoms with Gasteiger partial charge in [-0.05, 0) is 87.9 Å². The predicted octanol–water partition coefficient (Wildman–Crippen LogP) is 5.62. The zero-order valence-electron chi connectivity index (χ0n) is 22.1. The number of benzene rings is 2. The van der Waals surface area contributed by atoms with E-state index in [-0.39, 0.29) is 29.4 Å². The smallest absolute Gasteiger partial charge is 0.251 e. The van der Waals surface area contributed by atoms with E-state index in [1.165, 1.54) is 44.2 Å². The average Bonchev–Trinajstić information content (AvgIpc) is 3.84. The van der Waals surface area contributed by atoms with Gasteiger partial charge in [-0.1, -0.05) is 11.6 Å². The Kier molecular flexibility index (Phi) is 6.44. The summed E-state index contributed by atoms with van der Waals surface area (Å²) in [7, 11) is 0. The standard InChI is InChI=1S/C30H29ClF2N4O3/c1-29(2,39)22-13-24(35-27(25(22)33)16-3-7-20(32)8-4-16)30(40,19-5-6-19)15-34-28(38)17-11-18-14-37(21-9-10-21)36-26(18)23(31)12-17/h3-4,7-8,11-14,19,21,39-40H,5-6,9-10,15H2,1-2H3,(H,34,38)/t30-/m1/s1. The second-order valence-electron chi connectivity index (χ2n) is 11.4. The predicted molar refractivity (Wildman–Crippen MR) is 147 cm³/mol. The molecule has 40 heavy (non-hydrogen) atoms. The number of rotatable bonds is 8. The van der Waals surface area contributed by atoms with Gasteiger partial charge in [-0.15, -0.1) is 0 Å². The van der Waals surface area contributed by atoms with Crippen LogP contribution in [0.15, 0.2) is 48.7 Å². The number of halogens is 3. The summed E-state index contributed by atoms with van der Waals surface area (Å²) in [6.07, 6.45) is 5.39. The number of nitrogens with zero attached hydrogens (tertiary/aromatic N) is 3. The number of aliphatic hydroxyl groups is 2. The molecule has 0 unspecified atom stereocenters. The normalized spacial score (nSPS) is 17.2.